The van der Waals surface area contributed by atoms with Crippen LogP contribution < -0.4 is 11.1 Å². The first-order chi connectivity index (χ1) is 11.5. The molecular formula is C18H23N5O. The number of amides is 2. The Balaban J connectivity index is 1.74. The summed E-state index contributed by atoms with van der Waals surface area (Å²) in [6.07, 6.45) is 1.63. The molecule has 24 heavy (non-hydrogen) atoms. The number of hydrogen-bond acceptors (Lipinski definition) is 4. The average Bonchev–Trinajstić information content (AvgIpc) is 2.95. The maximum Gasteiger partial charge on any atom is 0.317 e. The van der Waals surface area contributed by atoms with Crippen LogP contribution in [0.25, 0.3) is 11.3 Å². The quantitative estimate of drug-likeness (QED) is 0.883. The summed E-state index contributed by atoms with van der Waals surface area (Å²) in [6, 6.07) is 8.20. The molecule has 3 rings (SSSR count). The van der Waals surface area contributed by atoms with Gasteiger partial charge in [-0.3, -0.25) is 0 Å². The zero-order valence-corrected chi connectivity index (χ0v) is 14.2. The molecule has 6 heteroatoms. The fourth-order valence-corrected chi connectivity index (χ4v) is 2.99. The summed E-state index contributed by atoms with van der Waals surface area (Å²) in [5, 5.41) is 2.81. The molecule has 0 aliphatic carbocycles. The van der Waals surface area contributed by atoms with Crippen LogP contribution in [0.5, 0.6) is 0 Å². The van der Waals surface area contributed by atoms with E-state index in [9.17, 15) is 4.79 Å². The second kappa shape index (κ2) is 6.86. The van der Waals surface area contributed by atoms with Gasteiger partial charge in [0, 0.05) is 30.9 Å². The standard InChI is InChI=1S/C18H23N5O/c1-12-5-3-7-15(13(12)2)16-11-14(21-17(19)22-16)6-4-9-23-10-8-20-18(23)24/h3,5,7,11H,4,6,8-10H2,1-2H3,(H,20,24)(H2,19,21,22). The number of anilines is 1. The van der Waals surface area contributed by atoms with Gasteiger partial charge < -0.3 is 16.0 Å². The van der Waals surface area contributed by atoms with Crippen molar-refractivity contribution in [2.45, 2.75) is 26.7 Å². The van der Waals surface area contributed by atoms with Crippen molar-refractivity contribution in [3.05, 3.63) is 41.1 Å². The van der Waals surface area contributed by atoms with Crippen LogP contribution in [0.1, 0.15) is 23.2 Å². The number of carbonyl (C=O) groups excluding carboxylic acids is 1. The third kappa shape index (κ3) is 3.48. The lowest BCUT2D eigenvalue weighted by molar-refractivity contribution is 0.217. The van der Waals surface area contributed by atoms with Crippen LogP contribution in [0.4, 0.5) is 10.7 Å². The number of aromatic nitrogens is 2. The third-order valence-electron chi connectivity index (χ3n) is 4.48. The number of nitrogens with one attached hydrogen (secondary N) is 1. The number of aryl methyl sites for hydroxylation is 2. The zero-order valence-electron chi connectivity index (χ0n) is 14.2. The van der Waals surface area contributed by atoms with Crippen molar-refractivity contribution in [1.29, 1.82) is 0 Å². The highest BCUT2D eigenvalue weighted by molar-refractivity contribution is 5.76. The lowest BCUT2D eigenvalue weighted by Crippen LogP contribution is -2.29. The topological polar surface area (TPSA) is 84.1 Å². The lowest BCUT2D eigenvalue weighted by Gasteiger charge is -2.14. The molecule has 1 saturated heterocycles. The van der Waals surface area contributed by atoms with Gasteiger partial charge in [0.25, 0.3) is 0 Å². The van der Waals surface area contributed by atoms with E-state index in [1.54, 1.807) is 0 Å². The van der Waals surface area contributed by atoms with E-state index in [1.165, 1.54) is 11.1 Å². The number of benzene rings is 1. The first-order valence-corrected chi connectivity index (χ1v) is 8.27. The van der Waals surface area contributed by atoms with Crippen LogP contribution in [0, 0.1) is 13.8 Å². The molecule has 2 amide bonds. The van der Waals surface area contributed by atoms with Crippen molar-refractivity contribution in [2.24, 2.45) is 0 Å². The largest absolute Gasteiger partial charge is 0.368 e. The molecule has 0 bridgehead atoms. The second-order valence-corrected chi connectivity index (χ2v) is 6.17. The fraction of sp³-hybridized carbons (Fsp3) is 0.389. The Morgan fingerprint density at radius 3 is 2.88 bits per heavy atom. The van der Waals surface area contributed by atoms with Crippen LogP contribution in [-0.4, -0.2) is 40.5 Å². The predicted octanol–water partition coefficient (Wildman–Crippen LogP) is 2.30. The molecule has 126 valence electrons. The first-order valence-electron chi connectivity index (χ1n) is 8.27. The fourth-order valence-electron chi connectivity index (χ4n) is 2.99. The second-order valence-electron chi connectivity index (χ2n) is 6.17. The molecule has 0 saturated carbocycles. The summed E-state index contributed by atoms with van der Waals surface area (Å²) in [6.45, 7) is 6.42. The van der Waals surface area contributed by atoms with Gasteiger partial charge in [0.1, 0.15) is 0 Å². The van der Waals surface area contributed by atoms with E-state index in [4.69, 9.17) is 5.73 Å². The molecule has 2 heterocycles. The molecule has 1 fully saturated rings. The van der Waals surface area contributed by atoms with Crippen molar-refractivity contribution in [3.63, 3.8) is 0 Å². The number of nitrogen functional groups attached to an aromatic ring is 1. The summed E-state index contributed by atoms with van der Waals surface area (Å²) in [7, 11) is 0. The summed E-state index contributed by atoms with van der Waals surface area (Å²) >= 11 is 0. The van der Waals surface area contributed by atoms with Crippen LogP contribution in [0.15, 0.2) is 24.3 Å². The van der Waals surface area contributed by atoms with E-state index < -0.39 is 0 Å². The van der Waals surface area contributed by atoms with E-state index in [1.807, 2.05) is 17.0 Å². The Labute approximate surface area is 142 Å². The van der Waals surface area contributed by atoms with Gasteiger partial charge in [-0.1, -0.05) is 18.2 Å². The van der Waals surface area contributed by atoms with Gasteiger partial charge in [-0.15, -0.1) is 0 Å². The Morgan fingerprint density at radius 2 is 2.12 bits per heavy atom. The van der Waals surface area contributed by atoms with Crippen LogP contribution in [0.3, 0.4) is 0 Å². The minimum absolute atomic E-state index is 0.0216. The van der Waals surface area contributed by atoms with Crippen molar-refractivity contribution >= 4 is 12.0 Å². The van der Waals surface area contributed by atoms with E-state index in [-0.39, 0.29) is 6.03 Å². The number of rotatable bonds is 5. The molecular weight excluding hydrogens is 302 g/mol. The normalized spacial score (nSPS) is 14.1. The summed E-state index contributed by atoms with van der Waals surface area (Å²) in [5.41, 5.74) is 11.2. The highest BCUT2D eigenvalue weighted by atomic mass is 16.2. The van der Waals surface area contributed by atoms with E-state index >= 15 is 0 Å². The van der Waals surface area contributed by atoms with Crippen molar-refractivity contribution in [3.8, 4) is 11.3 Å². The summed E-state index contributed by atoms with van der Waals surface area (Å²) < 4.78 is 0. The molecule has 0 spiro atoms. The Morgan fingerprint density at radius 1 is 1.29 bits per heavy atom. The molecule has 0 radical (unpaired) electrons. The van der Waals surface area contributed by atoms with Gasteiger partial charge in [0.2, 0.25) is 5.95 Å². The molecule has 0 unspecified atom stereocenters. The monoisotopic (exact) mass is 325 g/mol. The van der Waals surface area contributed by atoms with Crippen LogP contribution in [0.2, 0.25) is 0 Å². The maximum atomic E-state index is 11.5. The van der Waals surface area contributed by atoms with E-state index in [2.05, 4.69) is 41.3 Å². The number of urea groups is 1. The SMILES string of the molecule is Cc1cccc(-c2cc(CCCN3CCNC3=O)nc(N)n2)c1C. The van der Waals surface area contributed by atoms with E-state index in [0.29, 0.717) is 5.95 Å². The van der Waals surface area contributed by atoms with Gasteiger partial charge in [0.05, 0.1) is 5.69 Å². The molecule has 0 atom stereocenters. The molecule has 3 N–H and O–H groups in total. The molecule has 2 aromatic rings. The highest BCUT2D eigenvalue weighted by Crippen LogP contribution is 2.25. The Kier molecular flexibility index (Phi) is 4.64. The molecule has 1 aromatic heterocycles. The number of nitrogens with two attached hydrogens (primary N) is 1. The van der Waals surface area contributed by atoms with Crippen LogP contribution in [-0.2, 0) is 6.42 Å². The number of carbonyl (C=O) groups is 1. The molecule has 1 aliphatic heterocycles. The van der Waals surface area contributed by atoms with Crippen LogP contribution >= 0.6 is 0 Å². The number of nitrogens with zero attached hydrogens (tertiary/aromatic N) is 3. The molecule has 6 nitrogen and oxygen atoms in total. The molecule has 1 aliphatic rings. The lowest BCUT2D eigenvalue weighted by atomic mass is 10.00. The minimum Gasteiger partial charge on any atom is -0.368 e. The van der Waals surface area contributed by atoms with Crippen molar-refractivity contribution in [2.75, 3.05) is 25.4 Å². The van der Waals surface area contributed by atoms with Crippen molar-refractivity contribution < 1.29 is 4.79 Å². The minimum atomic E-state index is 0.0216. The maximum absolute atomic E-state index is 11.5. The van der Waals surface area contributed by atoms with Crippen molar-refractivity contribution in [1.82, 2.24) is 20.2 Å². The smallest absolute Gasteiger partial charge is 0.317 e. The highest BCUT2D eigenvalue weighted by Gasteiger charge is 2.18. The zero-order chi connectivity index (χ0) is 17.1. The average molecular weight is 325 g/mol. The predicted molar refractivity (Wildman–Crippen MR) is 94.6 cm³/mol. The summed E-state index contributed by atoms with van der Waals surface area (Å²) in [5.74, 6) is 0.294. The number of hydrogen-bond donors (Lipinski definition) is 2. The first kappa shape index (κ1) is 16.2. The van der Waals surface area contributed by atoms with Gasteiger partial charge in [-0.25, -0.2) is 14.8 Å². The van der Waals surface area contributed by atoms with Gasteiger partial charge in [-0.2, -0.15) is 0 Å². The van der Waals surface area contributed by atoms with Gasteiger partial charge in [0.15, 0.2) is 0 Å². The van der Waals surface area contributed by atoms with Gasteiger partial charge in [-0.05, 0) is 43.9 Å². The third-order valence-corrected chi connectivity index (χ3v) is 4.48. The Hall–Kier alpha value is -2.63. The Bertz CT molecular complexity index is 759. The van der Waals surface area contributed by atoms with Gasteiger partial charge >= 0.3 is 6.03 Å². The molecule has 1 aromatic carbocycles. The van der Waals surface area contributed by atoms with E-state index in [0.717, 1.165) is 49.4 Å². The summed E-state index contributed by atoms with van der Waals surface area (Å²) in [4.78, 5) is 22.1.